The normalized spacial score (nSPS) is 15.8. The topological polar surface area (TPSA) is 113 Å². The summed E-state index contributed by atoms with van der Waals surface area (Å²) in [4.78, 5) is 6.68. The second-order valence-electron chi connectivity index (χ2n) is 6.40. The maximum atomic E-state index is 9.89. The summed E-state index contributed by atoms with van der Waals surface area (Å²) >= 11 is 1.33. The van der Waals surface area contributed by atoms with E-state index in [1.165, 1.54) is 11.8 Å². The largest absolute Gasteiger partial charge is 0.496 e. The first-order valence-electron chi connectivity index (χ1n) is 9.24. The van der Waals surface area contributed by atoms with Crippen molar-refractivity contribution in [3.05, 3.63) is 34.6 Å². The molecule has 3 rings (SSSR count). The zero-order valence-corrected chi connectivity index (χ0v) is 16.3. The van der Waals surface area contributed by atoms with Crippen molar-refractivity contribution in [3.63, 3.8) is 0 Å². The van der Waals surface area contributed by atoms with Gasteiger partial charge in [-0.2, -0.15) is 10.5 Å². The first-order chi connectivity index (χ1) is 13.7. The highest BCUT2D eigenvalue weighted by molar-refractivity contribution is 7.99. The molecule has 1 aliphatic carbocycles. The third-order valence-electron chi connectivity index (χ3n) is 4.67. The van der Waals surface area contributed by atoms with Gasteiger partial charge in [-0.1, -0.05) is 6.08 Å². The van der Waals surface area contributed by atoms with Crippen LogP contribution in [0.3, 0.4) is 0 Å². The van der Waals surface area contributed by atoms with Gasteiger partial charge < -0.3 is 19.8 Å². The Morgan fingerprint density at radius 2 is 1.89 bits per heavy atom. The first-order valence-corrected chi connectivity index (χ1v) is 10.2. The number of aliphatic hydroxyl groups excluding tert-OH is 2. The fourth-order valence-electron chi connectivity index (χ4n) is 3.21. The Kier molecular flexibility index (Phi) is 6.94. The number of nitrogens with zero attached hydrogens (tertiary/aromatic N) is 4. The minimum absolute atomic E-state index is 0.0113. The molecular formula is C20H22N4O3S. The van der Waals surface area contributed by atoms with Crippen molar-refractivity contribution in [1.82, 2.24) is 4.98 Å². The molecule has 0 aromatic carbocycles. The van der Waals surface area contributed by atoms with Crippen molar-refractivity contribution in [1.29, 1.82) is 10.5 Å². The number of hydrogen-bond donors (Lipinski definition) is 2. The van der Waals surface area contributed by atoms with Gasteiger partial charge in [0, 0.05) is 30.8 Å². The number of aliphatic hydroxyl groups is 2. The minimum Gasteiger partial charge on any atom is -0.496 e. The molecule has 1 fully saturated rings. The summed E-state index contributed by atoms with van der Waals surface area (Å²) in [7, 11) is 0. The Morgan fingerprint density at radius 3 is 2.43 bits per heavy atom. The molecule has 1 aliphatic heterocycles. The predicted molar refractivity (Wildman–Crippen MR) is 107 cm³/mol. The van der Waals surface area contributed by atoms with Crippen LogP contribution in [0.5, 0.6) is 0 Å². The Labute approximate surface area is 168 Å². The zero-order valence-electron chi connectivity index (χ0n) is 15.5. The van der Waals surface area contributed by atoms with E-state index in [-0.39, 0.29) is 19.8 Å². The van der Waals surface area contributed by atoms with E-state index in [9.17, 15) is 15.6 Å². The molecule has 2 N–H and O–H groups in total. The van der Waals surface area contributed by atoms with Crippen molar-refractivity contribution < 1.29 is 14.9 Å². The molecule has 0 spiro atoms. The van der Waals surface area contributed by atoms with Crippen LogP contribution in [0.15, 0.2) is 22.9 Å². The van der Waals surface area contributed by atoms with Gasteiger partial charge in [0.15, 0.2) is 0 Å². The van der Waals surface area contributed by atoms with Gasteiger partial charge >= 0.3 is 0 Å². The fourth-order valence-corrected chi connectivity index (χ4v) is 3.94. The number of pyridine rings is 1. The number of rotatable bonds is 8. The second-order valence-corrected chi connectivity index (χ2v) is 7.48. The second kappa shape index (κ2) is 9.61. The number of allylic oxidation sites excluding steroid dienone is 4. The SMILES string of the molecule is N#Cc1c(SCCO)nc(N2CCC2)c(C#N)c1C1=CC=C(OCCO)CC1. The fraction of sp³-hybridized carbons (Fsp3) is 0.450. The van der Waals surface area contributed by atoms with Crippen LogP contribution in [0.25, 0.3) is 5.57 Å². The van der Waals surface area contributed by atoms with E-state index in [4.69, 9.17) is 9.84 Å². The molecule has 2 aliphatic rings. The lowest BCUT2D eigenvalue weighted by Gasteiger charge is -2.34. The highest BCUT2D eigenvalue weighted by atomic mass is 32.2. The summed E-state index contributed by atoms with van der Waals surface area (Å²) in [5, 5.41) is 38.4. The molecule has 0 bridgehead atoms. The van der Waals surface area contributed by atoms with Crippen LogP contribution in [0.2, 0.25) is 0 Å². The molecule has 2 heterocycles. The first kappa shape index (κ1) is 20.2. The van der Waals surface area contributed by atoms with Gasteiger partial charge in [-0.25, -0.2) is 4.98 Å². The lowest BCUT2D eigenvalue weighted by atomic mass is 9.90. The molecule has 0 atom stereocenters. The van der Waals surface area contributed by atoms with Gasteiger partial charge in [0.2, 0.25) is 0 Å². The summed E-state index contributed by atoms with van der Waals surface area (Å²) < 4.78 is 5.48. The Bertz CT molecular complexity index is 879. The lowest BCUT2D eigenvalue weighted by molar-refractivity contribution is 0.139. The molecule has 1 saturated heterocycles. The van der Waals surface area contributed by atoms with Gasteiger partial charge in [0.1, 0.15) is 35.2 Å². The standard InChI is InChI=1S/C20H22N4O3S/c21-12-16-18(14-2-4-15(5-3-14)27-10-8-25)17(13-22)20(28-11-9-26)23-19(16)24-6-1-7-24/h2,4,25-26H,1,3,5-11H2. The van der Waals surface area contributed by atoms with Crippen LogP contribution >= 0.6 is 11.8 Å². The molecule has 7 nitrogen and oxygen atoms in total. The van der Waals surface area contributed by atoms with E-state index in [0.29, 0.717) is 46.1 Å². The number of nitriles is 2. The number of anilines is 1. The molecule has 28 heavy (non-hydrogen) atoms. The molecule has 1 aromatic heterocycles. The van der Waals surface area contributed by atoms with Crippen molar-refractivity contribution >= 4 is 23.2 Å². The summed E-state index contributed by atoms with van der Waals surface area (Å²) in [5.74, 6) is 1.84. The molecule has 0 unspecified atom stereocenters. The highest BCUT2D eigenvalue weighted by Gasteiger charge is 2.28. The van der Waals surface area contributed by atoms with Crippen molar-refractivity contribution in [2.24, 2.45) is 0 Å². The molecule has 1 aromatic rings. The minimum atomic E-state index is -0.0416. The third-order valence-corrected chi connectivity index (χ3v) is 5.62. The zero-order chi connectivity index (χ0) is 19.9. The molecule has 146 valence electrons. The number of aromatic nitrogens is 1. The number of hydrogen-bond acceptors (Lipinski definition) is 8. The number of ether oxygens (including phenoxy) is 1. The lowest BCUT2D eigenvalue weighted by Crippen LogP contribution is -2.38. The van der Waals surface area contributed by atoms with E-state index < -0.39 is 0 Å². The monoisotopic (exact) mass is 398 g/mol. The summed E-state index contributed by atoms with van der Waals surface area (Å²) in [5.41, 5.74) is 2.36. The van der Waals surface area contributed by atoms with E-state index in [1.807, 2.05) is 12.2 Å². The van der Waals surface area contributed by atoms with Crippen molar-refractivity contribution in [2.45, 2.75) is 24.3 Å². The summed E-state index contributed by atoms with van der Waals surface area (Å²) in [6.45, 7) is 1.88. The van der Waals surface area contributed by atoms with Gasteiger partial charge in [-0.15, -0.1) is 11.8 Å². The van der Waals surface area contributed by atoms with E-state index in [1.54, 1.807) is 0 Å². The Balaban J connectivity index is 2.10. The molecular weight excluding hydrogens is 376 g/mol. The summed E-state index contributed by atoms with van der Waals surface area (Å²) in [6, 6.07) is 4.51. The summed E-state index contributed by atoms with van der Waals surface area (Å²) in [6.07, 6.45) is 6.04. The molecule has 0 amide bonds. The van der Waals surface area contributed by atoms with Crippen molar-refractivity contribution in [2.75, 3.05) is 43.6 Å². The third kappa shape index (κ3) is 4.15. The molecule has 8 heteroatoms. The smallest absolute Gasteiger partial charge is 0.148 e. The van der Waals surface area contributed by atoms with Gasteiger partial charge in [-0.05, 0) is 24.5 Å². The maximum Gasteiger partial charge on any atom is 0.148 e. The Hall–Kier alpha value is -2.52. The van der Waals surface area contributed by atoms with Crippen LogP contribution in [0, 0.1) is 22.7 Å². The van der Waals surface area contributed by atoms with E-state index >= 15 is 0 Å². The predicted octanol–water partition coefficient (Wildman–Crippen LogP) is 2.19. The van der Waals surface area contributed by atoms with E-state index in [0.717, 1.165) is 30.8 Å². The number of thioether (sulfide) groups is 1. The van der Waals surface area contributed by atoms with Crippen LogP contribution in [0.4, 0.5) is 5.82 Å². The van der Waals surface area contributed by atoms with Crippen LogP contribution in [0.1, 0.15) is 36.0 Å². The Morgan fingerprint density at radius 1 is 1.11 bits per heavy atom. The quantitative estimate of drug-likeness (QED) is 0.641. The highest BCUT2D eigenvalue weighted by Crippen LogP contribution is 2.39. The van der Waals surface area contributed by atoms with Gasteiger partial charge in [0.05, 0.1) is 24.5 Å². The average Bonchev–Trinajstić information content (AvgIpc) is 2.69. The average molecular weight is 398 g/mol. The van der Waals surface area contributed by atoms with E-state index in [2.05, 4.69) is 22.0 Å². The molecule has 0 saturated carbocycles. The van der Waals surface area contributed by atoms with Crippen LogP contribution in [-0.2, 0) is 4.74 Å². The maximum absolute atomic E-state index is 9.89. The molecule has 0 radical (unpaired) electrons. The van der Waals surface area contributed by atoms with Gasteiger partial charge in [-0.3, -0.25) is 0 Å². The van der Waals surface area contributed by atoms with Gasteiger partial charge in [0.25, 0.3) is 0 Å². The van der Waals surface area contributed by atoms with Crippen LogP contribution in [-0.4, -0.2) is 53.9 Å². The van der Waals surface area contributed by atoms with Crippen molar-refractivity contribution in [3.8, 4) is 12.1 Å². The van der Waals surface area contributed by atoms with Crippen LogP contribution < -0.4 is 4.90 Å².